The molecule has 0 radical (unpaired) electrons. The first kappa shape index (κ1) is 13.8. The first-order valence-corrected chi connectivity index (χ1v) is 6.44. The summed E-state index contributed by atoms with van der Waals surface area (Å²) in [5, 5.41) is 0. The van der Waals surface area contributed by atoms with Crippen molar-refractivity contribution >= 4 is 12.4 Å². The highest BCUT2D eigenvalue weighted by Gasteiger charge is 2.31. The smallest absolute Gasteiger partial charge is 0.123 e. The van der Waals surface area contributed by atoms with Gasteiger partial charge in [0.25, 0.3) is 0 Å². The van der Waals surface area contributed by atoms with E-state index in [1.54, 1.807) is 0 Å². The Morgan fingerprint density at radius 3 is 2.72 bits per heavy atom. The maximum atomic E-state index is 12.9. The molecule has 2 saturated heterocycles. The summed E-state index contributed by atoms with van der Waals surface area (Å²) >= 11 is 0. The van der Waals surface area contributed by atoms with E-state index >= 15 is 0 Å². The highest BCUT2D eigenvalue weighted by Crippen LogP contribution is 2.29. The maximum absolute atomic E-state index is 12.9. The molecule has 0 N–H and O–H groups in total. The van der Waals surface area contributed by atoms with Gasteiger partial charge in [0.2, 0.25) is 0 Å². The number of fused-ring (bicyclic) bond motifs is 1. The van der Waals surface area contributed by atoms with Crippen molar-refractivity contribution in [2.45, 2.75) is 31.4 Å². The van der Waals surface area contributed by atoms with E-state index in [2.05, 4.69) is 4.90 Å². The second-order valence-corrected chi connectivity index (χ2v) is 5.02. The summed E-state index contributed by atoms with van der Waals surface area (Å²) in [6.07, 6.45) is 4.00. The Morgan fingerprint density at radius 1 is 1.17 bits per heavy atom. The summed E-state index contributed by atoms with van der Waals surface area (Å²) in [6, 6.07) is 7.32. The van der Waals surface area contributed by atoms with Gasteiger partial charge in [0.05, 0.1) is 12.7 Å². The number of benzene rings is 1. The van der Waals surface area contributed by atoms with Crippen LogP contribution in [0.1, 0.15) is 30.9 Å². The van der Waals surface area contributed by atoms with Crippen molar-refractivity contribution in [3.8, 4) is 0 Å². The Bertz CT molecular complexity index is 384. The molecule has 2 nitrogen and oxygen atoms in total. The standard InChI is InChI=1S/C14H18FNO.ClH/c15-12-6-4-11(5-7-12)14-9-16-8-2-1-3-13(16)10-17-14;/h4-7,13-14H,1-3,8-10H2;1H. The van der Waals surface area contributed by atoms with E-state index in [0.717, 1.165) is 18.7 Å². The highest BCUT2D eigenvalue weighted by atomic mass is 35.5. The zero-order valence-corrected chi connectivity index (χ0v) is 11.2. The van der Waals surface area contributed by atoms with Crippen LogP contribution in [0.25, 0.3) is 0 Å². The second-order valence-electron chi connectivity index (χ2n) is 5.02. The quantitative estimate of drug-likeness (QED) is 0.778. The molecule has 18 heavy (non-hydrogen) atoms. The fourth-order valence-corrected chi connectivity index (χ4v) is 2.86. The van der Waals surface area contributed by atoms with E-state index < -0.39 is 0 Å². The summed E-state index contributed by atoms with van der Waals surface area (Å²) in [7, 11) is 0. The summed E-state index contributed by atoms with van der Waals surface area (Å²) in [5.74, 6) is -0.180. The Balaban J connectivity index is 0.00000120. The maximum Gasteiger partial charge on any atom is 0.123 e. The number of hydrogen-bond donors (Lipinski definition) is 0. The van der Waals surface area contributed by atoms with Crippen molar-refractivity contribution in [3.05, 3.63) is 35.6 Å². The normalized spacial score (nSPS) is 28.3. The van der Waals surface area contributed by atoms with Gasteiger partial charge in [-0.15, -0.1) is 12.4 Å². The highest BCUT2D eigenvalue weighted by molar-refractivity contribution is 5.85. The first-order valence-electron chi connectivity index (χ1n) is 6.44. The fourth-order valence-electron chi connectivity index (χ4n) is 2.86. The van der Waals surface area contributed by atoms with Crippen LogP contribution in [0.2, 0.25) is 0 Å². The monoisotopic (exact) mass is 271 g/mol. The zero-order valence-electron chi connectivity index (χ0n) is 10.3. The van der Waals surface area contributed by atoms with Crippen LogP contribution in [0.15, 0.2) is 24.3 Å². The van der Waals surface area contributed by atoms with E-state index in [-0.39, 0.29) is 24.3 Å². The number of halogens is 2. The van der Waals surface area contributed by atoms with Gasteiger partial charge in [0, 0.05) is 12.6 Å². The number of piperidine rings is 1. The van der Waals surface area contributed by atoms with Gasteiger partial charge in [0.1, 0.15) is 5.82 Å². The van der Waals surface area contributed by atoms with E-state index in [4.69, 9.17) is 4.74 Å². The van der Waals surface area contributed by atoms with E-state index in [1.165, 1.54) is 37.9 Å². The molecule has 2 unspecified atom stereocenters. The van der Waals surface area contributed by atoms with Crippen LogP contribution < -0.4 is 0 Å². The van der Waals surface area contributed by atoms with Crippen LogP contribution in [0.4, 0.5) is 4.39 Å². The summed E-state index contributed by atoms with van der Waals surface area (Å²) in [5.41, 5.74) is 1.09. The number of rotatable bonds is 1. The molecule has 2 aliphatic rings. The molecule has 1 aromatic carbocycles. The molecule has 0 aliphatic carbocycles. The zero-order chi connectivity index (χ0) is 11.7. The van der Waals surface area contributed by atoms with Gasteiger partial charge in [-0.25, -0.2) is 4.39 Å². The van der Waals surface area contributed by atoms with Crippen LogP contribution >= 0.6 is 12.4 Å². The van der Waals surface area contributed by atoms with Gasteiger partial charge in [-0.3, -0.25) is 4.90 Å². The lowest BCUT2D eigenvalue weighted by Gasteiger charge is -2.42. The lowest BCUT2D eigenvalue weighted by atomic mass is 9.98. The predicted molar refractivity (Wildman–Crippen MR) is 71.6 cm³/mol. The molecule has 0 aromatic heterocycles. The van der Waals surface area contributed by atoms with Crippen molar-refractivity contribution in [1.82, 2.24) is 4.90 Å². The summed E-state index contributed by atoms with van der Waals surface area (Å²) in [6.45, 7) is 2.96. The number of nitrogens with zero attached hydrogens (tertiary/aromatic N) is 1. The molecule has 0 bridgehead atoms. The van der Waals surface area contributed by atoms with Crippen LogP contribution in [0.5, 0.6) is 0 Å². The van der Waals surface area contributed by atoms with Crippen LogP contribution in [-0.2, 0) is 4.74 Å². The third-order valence-electron chi connectivity index (χ3n) is 3.88. The lowest BCUT2D eigenvalue weighted by molar-refractivity contribution is -0.0766. The number of ether oxygens (including phenoxy) is 1. The molecule has 100 valence electrons. The minimum Gasteiger partial charge on any atom is -0.371 e. The third-order valence-corrected chi connectivity index (χ3v) is 3.88. The molecular weight excluding hydrogens is 253 g/mol. The van der Waals surface area contributed by atoms with Crippen molar-refractivity contribution in [2.75, 3.05) is 19.7 Å². The Labute approximate surface area is 114 Å². The largest absolute Gasteiger partial charge is 0.371 e. The van der Waals surface area contributed by atoms with Gasteiger partial charge in [-0.05, 0) is 37.1 Å². The topological polar surface area (TPSA) is 12.5 Å². The van der Waals surface area contributed by atoms with E-state index in [9.17, 15) is 4.39 Å². The van der Waals surface area contributed by atoms with Crippen LogP contribution in [0.3, 0.4) is 0 Å². The molecule has 2 atom stereocenters. The number of hydrogen-bond acceptors (Lipinski definition) is 2. The van der Waals surface area contributed by atoms with Crippen molar-refractivity contribution in [2.24, 2.45) is 0 Å². The minimum atomic E-state index is -0.180. The second kappa shape index (κ2) is 6.00. The molecule has 2 heterocycles. The number of morpholine rings is 1. The van der Waals surface area contributed by atoms with E-state index in [0.29, 0.717) is 6.04 Å². The fraction of sp³-hybridized carbons (Fsp3) is 0.571. The molecule has 3 rings (SSSR count). The molecule has 0 saturated carbocycles. The van der Waals surface area contributed by atoms with Crippen LogP contribution in [-0.4, -0.2) is 30.6 Å². The van der Waals surface area contributed by atoms with Gasteiger partial charge in [0.15, 0.2) is 0 Å². The average Bonchev–Trinajstić information content (AvgIpc) is 2.39. The molecule has 2 fully saturated rings. The summed E-state index contributed by atoms with van der Waals surface area (Å²) in [4.78, 5) is 2.53. The third kappa shape index (κ3) is 2.85. The average molecular weight is 272 g/mol. The van der Waals surface area contributed by atoms with Gasteiger partial charge < -0.3 is 4.74 Å². The van der Waals surface area contributed by atoms with Gasteiger partial charge in [-0.1, -0.05) is 18.6 Å². The minimum absolute atomic E-state index is 0. The molecule has 2 aliphatic heterocycles. The molecule has 4 heteroatoms. The first-order chi connectivity index (χ1) is 8.33. The molecule has 0 spiro atoms. The molecule has 0 amide bonds. The predicted octanol–water partition coefficient (Wildman–Crippen LogP) is 3.17. The van der Waals surface area contributed by atoms with Crippen molar-refractivity contribution < 1.29 is 9.13 Å². The van der Waals surface area contributed by atoms with Crippen molar-refractivity contribution in [3.63, 3.8) is 0 Å². The summed E-state index contributed by atoms with van der Waals surface area (Å²) < 4.78 is 18.8. The Morgan fingerprint density at radius 2 is 1.94 bits per heavy atom. The van der Waals surface area contributed by atoms with E-state index in [1.807, 2.05) is 12.1 Å². The molecule has 1 aromatic rings. The SMILES string of the molecule is Cl.Fc1ccc(C2CN3CCCCC3CO2)cc1. The van der Waals surface area contributed by atoms with Gasteiger partial charge >= 0.3 is 0 Å². The Hall–Kier alpha value is -0.640. The van der Waals surface area contributed by atoms with Crippen LogP contribution in [0, 0.1) is 5.82 Å². The lowest BCUT2D eigenvalue weighted by Crippen LogP contribution is -2.48. The van der Waals surface area contributed by atoms with Gasteiger partial charge in [-0.2, -0.15) is 0 Å². The van der Waals surface area contributed by atoms with Crippen molar-refractivity contribution in [1.29, 1.82) is 0 Å². The Kier molecular flexibility index (Phi) is 4.60. The molecular formula is C14H19ClFNO.